The van der Waals surface area contributed by atoms with E-state index < -0.39 is 6.43 Å². The number of nitrogens with zero attached hydrogens (tertiary/aromatic N) is 3. The molecule has 2 N–H and O–H groups in total. The van der Waals surface area contributed by atoms with Crippen molar-refractivity contribution in [2.75, 3.05) is 65.6 Å². The van der Waals surface area contributed by atoms with Crippen LogP contribution >= 0.6 is 0 Å². The fraction of sp³-hybridized carbons (Fsp3) is 0.944. The van der Waals surface area contributed by atoms with E-state index in [1.807, 2.05) is 4.90 Å². The molecule has 1 atom stereocenters. The first kappa shape index (κ1) is 21.3. The Morgan fingerprint density at radius 3 is 2.38 bits per heavy atom. The van der Waals surface area contributed by atoms with Gasteiger partial charge in [0.2, 0.25) is 0 Å². The average Bonchev–Trinajstić information content (AvgIpc) is 2.62. The molecule has 0 aromatic heterocycles. The van der Waals surface area contributed by atoms with Gasteiger partial charge >= 0.3 is 0 Å². The zero-order valence-corrected chi connectivity index (χ0v) is 16.2. The summed E-state index contributed by atoms with van der Waals surface area (Å²) in [5, 5.41) is 6.78. The van der Waals surface area contributed by atoms with Gasteiger partial charge in [0.05, 0.1) is 19.8 Å². The second-order valence-corrected chi connectivity index (χ2v) is 7.35. The summed E-state index contributed by atoms with van der Waals surface area (Å²) in [6, 6.07) is 0.302. The molecule has 8 heteroatoms. The fourth-order valence-electron chi connectivity index (χ4n) is 3.50. The molecular weight excluding hydrogens is 340 g/mol. The van der Waals surface area contributed by atoms with E-state index in [1.54, 1.807) is 0 Å². The van der Waals surface area contributed by atoms with Crippen molar-refractivity contribution in [2.24, 2.45) is 10.9 Å². The van der Waals surface area contributed by atoms with Gasteiger partial charge in [0.15, 0.2) is 5.96 Å². The summed E-state index contributed by atoms with van der Waals surface area (Å²) in [5.41, 5.74) is 0. The molecule has 0 aromatic carbocycles. The van der Waals surface area contributed by atoms with E-state index in [2.05, 4.69) is 29.4 Å². The molecular formula is C18H35F2N5O. The molecule has 0 bridgehead atoms. The molecule has 2 aliphatic heterocycles. The minimum Gasteiger partial charge on any atom is -0.379 e. The third-order valence-electron chi connectivity index (χ3n) is 4.90. The first-order chi connectivity index (χ1) is 12.6. The molecule has 0 saturated carbocycles. The largest absolute Gasteiger partial charge is 0.379 e. The topological polar surface area (TPSA) is 52.1 Å². The molecule has 1 unspecified atom stereocenters. The Morgan fingerprint density at radius 2 is 1.77 bits per heavy atom. The van der Waals surface area contributed by atoms with Crippen molar-refractivity contribution in [3.8, 4) is 0 Å². The van der Waals surface area contributed by atoms with Crippen LogP contribution in [0.1, 0.15) is 26.7 Å². The number of guanidine groups is 1. The number of rotatable bonds is 8. The third-order valence-corrected chi connectivity index (χ3v) is 4.90. The molecule has 2 fully saturated rings. The maximum atomic E-state index is 12.5. The zero-order valence-electron chi connectivity index (χ0n) is 16.2. The molecule has 2 heterocycles. The normalized spacial score (nSPS) is 22.6. The van der Waals surface area contributed by atoms with E-state index in [-0.39, 0.29) is 6.54 Å². The Kier molecular flexibility index (Phi) is 9.56. The summed E-state index contributed by atoms with van der Waals surface area (Å²) in [4.78, 5) is 9.02. The summed E-state index contributed by atoms with van der Waals surface area (Å²) in [6.07, 6.45) is -0.493. The van der Waals surface area contributed by atoms with Crippen LogP contribution in [-0.4, -0.2) is 93.8 Å². The van der Waals surface area contributed by atoms with Crippen LogP contribution in [0, 0.1) is 5.92 Å². The van der Waals surface area contributed by atoms with Crippen molar-refractivity contribution < 1.29 is 13.5 Å². The lowest BCUT2D eigenvalue weighted by Crippen LogP contribution is -2.49. The maximum Gasteiger partial charge on any atom is 0.251 e. The number of aliphatic imine (C=N–C) groups is 1. The first-order valence-corrected chi connectivity index (χ1v) is 9.92. The number of piperidine rings is 1. The van der Waals surface area contributed by atoms with Gasteiger partial charge in [-0.15, -0.1) is 0 Å². The van der Waals surface area contributed by atoms with Gasteiger partial charge in [0.1, 0.15) is 0 Å². The van der Waals surface area contributed by atoms with E-state index in [1.165, 1.54) is 0 Å². The lowest BCUT2D eigenvalue weighted by Gasteiger charge is -2.33. The van der Waals surface area contributed by atoms with Crippen LogP contribution in [-0.2, 0) is 4.74 Å². The van der Waals surface area contributed by atoms with Crippen molar-refractivity contribution in [1.29, 1.82) is 0 Å². The van der Waals surface area contributed by atoms with Gasteiger partial charge in [-0.1, -0.05) is 6.92 Å². The fourth-order valence-corrected chi connectivity index (χ4v) is 3.50. The highest BCUT2D eigenvalue weighted by Crippen LogP contribution is 2.12. The van der Waals surface area contributed by atoms with Crippen LogP contribution in [0.5, 0.6) is 0 Å². The number of alkyl halides is 2. The molecule has 0 spiro atoms. The lowest BCUT2D eigenvalue weighted by atomic mass is 10.1. The predicted octanol–water partition coefficient (Wildman–Crippen LogP) is 1.24. The number of likely N-dealkylation sites (tertiary alicyclic amines) is 1. The van der Waals surface area contributed by atoms with Gasteiger partial charge in [-0.2, -0.15) is 0 Å². The van der Waals surface area contributed by atoms with Gasteiger partial charge in [-0.3, -0.25) is 14.8 Å². The number of halogens is 2. The Balaban J connectivity index is 1.73. The van der Waals surface area contributed by atoms with Crippen LogP contribution in [0.25, 0.3) is 0 Å². The maximum absolute atomic E-state index is 12.5. The van der Waals surface area contributed by atoms with E-state index in [0.717, 1.165) is 77.8 Å². The van der Waals surface area contributed by atoms with E-state index in [9.17, 15) is 8.78 Å². The van der Waals surface area contributed by atoms with Crippen molar-refractivity contribution in [1.82, 2.24) is 20.4 Å². The van der Waals surface area contributed by atoms with Crippen molar-refractivity contribution in [2.45, 2.75) is 39.2 Å². The first-order valence-electron chi connectivity index (χ1n) is 9.92. The highest BCUT2D eigenvalue weighted by Gasteiger charge is 2.22. The summed E-state index contributed by atoms with van der Waals surface area (Å²) < 4.78 is 30.3. The van der Waals surface area contributed by atoms with Crippen molar-refractivity contribution >= 4 is 5.96 Å². The Hall–Kier alpha value is -0.990. The summed E-state index contributed by atoms with van der Waals surface area (Å²) in [5.74, 6) is 1.32. The van der Waals surface area contributed by atoms with Crippen LogP contribution in [0.2, 0.25) is 0 Å². The molecule has 152 valence electrons. The standard InChI is InChI=1S/C18H35F2N5O/c1-3-21-18(22-12-15(2)13-25-8-10-26-11-9-25)23-16-4-6-24(7-5-16)14-17(19)20/h15-17H,3-14H2,1-2H3,(H2,21,22,23). The number of nitrogens with one attached hydrogen (secondary N) is 2. The van der Waals surface area contributed by atoms with Gasteiger partial charge < -0.3 is 15.4 Å². The molecule has 2 aliphatic rings. The minimum atomic E-state index is -2.24. The van der Waals surface area contributed by atoms with Gasteiger partial charge in [0, 0.05) is 51.9 Å². The van der Waals surface area contributed by atoms with Crippen LogP contribution < -0.4 is 10.6 Å². The molecule has 2 saturated heterocycles. The molecule has 26 heavy (non-hydrogen) atoms. The predicted molar refractivity (Wildman–Crippen MR) is 101 cm³/mol. The van der Waals surface area contributed by atoms with Crippen LogP contribution in [0.4, 0.5) is 8.78 Å². The molecule has 6 nitrogen and oxygen atoms in total. The number of morpholine rings is 1. The number of hydrogen-bond donors (Lipinski definition) is 2. The third kappa shape index (κ3) is 8.14. The van der Waals surface area contributed by atoms with Crippen molar-refractivity contribution in [3.05, 3.63) is 0 Å². The molecule has 0 amide bonds. The van der Waals surface area contributed by atoms with Gasteiger partial charge in [-0.05, 0) is 25.7 Å². The highest BCUT2D eigenvalue weighted by atomic mass is 19.3. The molecule has 0 aromatic rings. The minimum absolute atomic E-state index is 0.111. The Morgan fingerprint density at radius 1 is 1.12 bits per heavy atom. The smallest absolute Gasteiger partial charge is 0.251 e. The molecule has 2 rings (SSSR count). The van der Waals surface area contributed by atoms with Crippen LogP contribution in [0.15, 0.2) is 4.99 Å². The second kappa shape index (κ2) is 11.7. The molecule has 0 aliphatic carbocycles. The zero-order chi connectivity index (χ0) is 18.8. The Labute approximate surface area is 156 Å². The van der Waals surface area contributed by atoms with Crippen LogP contribution in [0.3, 0.4) is 0 Å². The van der Waals surface area contributed by atoms with E-state index >= 15 is 0 Å². The van der Waals surface area contributed by atoms with Crippen molar-refractivity contribution in [3.63, 3.8) is 0 Å². The molecule has 0 radical (unpaired) electrons. The SMILES string of the molecule is CCNC(=NCC(C)CN1CCOCC1)NC1CCN(CC(F)F)CC1. The van der Waals surface area contributed by atoms with E-state index in [0.29, 0.717) is 12.0 Å². The highest BCUT2D eigenvalue weighted by molar-refractivity contribution is 5.80. The Bertz CT molecular complexity index is 410. The monoisotopic (exact) mass is 375 g/mol. The quantitative estimate of drug-likeness (QED) is 0.494. The second-order valence-electron chi connectivity index (χ2n) is 7.35. The summed E-state index contributed by atoms with van der Waals surface area (Å²) >= 11 is 0. The van der Waals surface area contributed by atoms with E-state index in [4.69, 9.17) is 9.73 Å². The summed E-state index contributed by atoms with van der Waals surface area (Å²) in [6.45, 7) is 11.9. The lowest BCUT2D eigenvalue weighted by molar-refractivity contribution is 0.0323. The van der Waals surface area contributed by atoms with Gasteiger partial charge in [-0.25, -0.2) is 8.78 Å². The van der Waals surface area contributed by atoms with Gasteiger partial charge in [0.25, 0.3) is 6.43 Å². The average molecular weight is 376 g/mol. The summed E-state index contributed by atoms with van der Waals surface area (Å²) in [7, 11) is 0. The number of hydrogen-bond acceptors (Lipinski definition) is 4. The number of ether oxygens (including phenoxy) is 1.